The van der Waals surface area contributed by atoms with Gasteiger partial charge in [-0.05, 0) is 65.7 Å². The third kappa shape index (κ3) is 3.02. The number of piperidine rings is 1. The molecule has 0 unspecified atom stereocenters. The SMILES string of the molecule is CC(=O)N1c2cc(S(=O)(=O)N3CCC[C@H](C)C3)c(Br)cc2C[C@H]1C. The van der Waals surface area contributed by atoms with Crippen LogP contribution in [0.25, 0.3) is 0 Å². The number of carbonyl (C=O) groups is 1. The van der Waals surface area contributed by atoms with Gasteiger partial charge in [0.2, 0.25) is 15.9 Å². The fourth-order valence-corrected chi connectivity index (χ4v) is 6.47. The topological polar surface area (TPSA) is 57.7 Å². The molecular weight excluding hydrogens is 392 g/mol. The zero-order chi connectivity index (χ0) is 17.6. The van der Waals surface area contributed by atoms with E-state index in [9.17, 15) is 13.2 Å². The van der Waals surface area contributed by atoms with Gasteiger partial charge >= 0.3 is 0 Å². The monoisotopic (exact) mass is 414 g/mol. The highest BCUT2D eigenvalue weighted by atomic mass is 79.9. The molecule has 0 aliphatic carbocycles. The Morgan fingerprint density at radius 2 is 2.00 bits per heavy atom. The minimum Gasteiger partial charge on any atom is -0.309 e. The van der Waals surface area contributed by atoms with Crippen molar-refractivity contribution < 1.29 is 13.2 Å². The van der Waals surface area contributed by atoms with Crippen molar-refractivity contribution in [3.8, 4) is 0 Å². The molecule has 0 radical (unpaired) electrons. The number of hydrogen-bond donors (Lipinski definition) is 0. The van der Waals surface area contributed by atoms with Gasteiger partial charge in [0, 0.05) is 36.2 Å². The summed E-state index contributed by atoms with van der Waals surface area (Å²) < 4.78 is 28.4. The Kier molecular flexibility index (Phi) is 4.79. The molecular formula is C17H23BrN2O3S. The molecule has 0 aromatic heterocycles. The first-order chi connectivity index (χ1) is 11.2. The molecule has 7 heteroatoms. The standard InChI is InChI=1S/C17H23BrN2O3S/c1-11-5-4-6-19(10-11)24(22,23)17-9-16-14(8-15(17)18)7-12(2)20(16)13(3)21/h8-9,11-12H,4-7,10H2,1-3H3/t11-,12+/m0/s1. The molecule has 2 aliphatic rings. The summed E-state index contributed by atoms with van der Waals surface area (Å²) in [6.07, 6.45) is 2.70. The summed E-state index contributed by atoms with van der Waals surface area (Å²) in [7, 11) is -3.57. The van der Waals surface area contributed by atoms with E-state index in [-0.39, 0.29) is 16.8 Å². The molecule has 1 aromatic rings. The molecule has 3 rings (SSSR count). The molecule has 1 aromatic carbocycles. The number of hydrogen-bond acceptors (Lipinski definition) is 3. The Hall–Kier alpha value is -0.920. The number of halogens is 1. The van der Waals surface area contributed by atoms with Crippen LogP contribution in [-0.4, -0.2) is 37.8 Å². The Bertz CT molecular complexity index is 778. The zero-order valence-corrected chi connectivity index (χ0v) is 16.7. The van der Waals surface area contributed by atoms with Crippen LogP contribution in [0.15, 0.2) is 21.5 Å². The van der Waals surface area contributed by atoms with E-state index in [0.717, 1.165) is 30.5 Å². The van der Waals surface area contributed by atoms with Crippen LogP contribution in [0.5, 0.6) is 0 Å². The van der Waals surface area contributed by atoms with Gasteiger partial charge in [0.1, 0.15) is 0 Å². The first-order valence-electron chi connectivity index (χ1n) is 8.34. The third-order valence-electron chi connectivity index (χ3n) is 4.93. The van der Waals surface area contributed by atoms with Crippen LogP contribution in [0.2, 0.25) is 0 Å². The van der Waals surface area contributed by atoms with Crippen LogP contribution in [-0.2, 0) is 21.2 Å². The van der Waals surface area contributed by atoms with Crippen molar-refractivity contribution in [2.24, 2.45) is 5.92 Å². The van der Waals surface area contributed by atoms with Crippen LogP contribution in [0, 0.1) is 5.92 Å². The smallest absolute Gasteiger partial charge is 0.244 e. The second-order valence-electron chi connectivity index (χ2n) is 6.96. The van der Waals surface area contributed by atoms with Gasteiger partial charge < -0.3 is 4.90 Å². The van der Waals surface area contributed by atoms with E-state index in [0.29, 0.717) is 23.5 Å². The minimum absolute atomic E-state index is 0.0531. The van der Waals surface area contributed by atoms with Crippen LogP contribution in [0.3, 0.4) is 0 Å². The number of sulfonamides is 1. The van der Waals surface area contributed by atoms with Crippen LogP contribution in [0.1, 0.15) is 39.2 Å². The predicted molar refractivity (Wildman–Crippen MR) is 97.6 cm³/mol. The van der Waals surface area contributed by atoms with Gasteiger partial charge in [0.15, 0.2) is 0 Å². The van der Waals surface area contributed by atoms with E-state index in [2.05, 4.69) is 22.9 Å². The summed E-state index contributed by atoms with van der Waals surface area (Å²) >= 11 is 3.44. The van der Waals surface area contributed by atoms with Gasteiger partial charge in [0.05, 0.1) is 4.90 Å². The summed E-state index contributed by atoms with van der Waals surface area (Å²) in [5, 5.41) is 0. The highest BCUT2D eigenvalue weighted by Gasteiger charge is 2.35. The van der Waals surface area contributed by atoms with Gasteiger partial charge in [-0.3, -0.25) is 4.79 Å². The molecule has 5 nitrogen and oxygen atoms in total. The average Bonchev–Trinajstić information content (AvgIpc) is 2.81. The molecule has 0 spiro atoms. The maximum absolute atomic E-state index is 13.1. The predicted octanol–water partition coefficient (Wildman–Crippen LogP) is 3.17. The second-order valence-corrected chi connectivity index (χ2v) is 9.72. The summed E-state index contributed by atoms with van der Waals surface area (Å²) in [5.74, 6) is 0.314. The largest absolute Gasteiger partial charge is 0.309 e. The number of nitrogens with zero attached hydrogens (tertiary/aromatic N) is 2. The van der Waals surface area contributed by atoms with Crippen molar-refractivity contribution >= 4 is 37.5 Å². The van der Waals surface area contributed by atoms with Gasteiger partial charge in [-0.2, -0.15) is 4.31 Å². The average molecular weight is 415 g/mol. The lowest BCUT2D eigenvalue weighted by molar-refractivity contribution is -0.116. The number of benzene rings is 1. The first kappa shape index (κ1) is 17.9. The van der Waals surface area contributed by atoms with Crippen molar-refractivity contribution in [2.45, 2.75) is 51.0 Å². The first-order valence-corrected chi connectivity index (χ1v) is 10.6. The van der Waals surface area contributed by atoms with E-state index >= 15 is 0 Å². The van der Waals surface area contributed by atoms with Crippen LogP contribution >= 0.6 is 15.9 Å². The van der Waals surface area contributed by atoms with Gasteiger partial charge in [-0.15, -0.1) is 0 Å². The number of amides is 1. The van der Waals surface area contributed by atoms with Crippen LogP contribution < -0.4 is 4.90 Å². The summed E-state index contributed by atoms with van der Waals surface area (Å²) in [6.45, 7) is 6.70. The maximum atomic E-state index is 13.1. The Morgan fingerprint density at radius 1 is 1.29 bits per heavy atom. The number of carbonyl (C=O) groups excluding carboxylic acids is 1. The molecule has 1 fully saturated rings. The minimum atomic E-state index is -3.57. The molecule has 0 saturated carbocycles. The number of rotatable bonds is 2. The van der Waals surface area contributed by atoms with Crippen molar-refractivity contribution in [2.75, 3.05) is 18.0 Å². The Labute approximate surface area is 152 Å². The van der Waals surface area contributed by atoms with Gasteiger partial charge in [-0.25, -0.2) is 8.42 Å². The highest BCUT2D eigenvalue weighted by Crippen LogP contribution is 2.39. The molecule has 1 amide bonds. The summed E-state index contributed by atoms with van der Waals surface area (Å²) in [4.78, 5) is 13.9. The van der Waals surface area contributed by atoms with Crippen LogP contribution in [0.4, 0.5) is 5.69 Å². The molecule has 24 heavy (non-hydrogen) atoms. The van der Waals surface area contributed by atoms with E-state index in [1.54, 1.807) is 15.3 Å². The van der Waals surface area contributed by atoms with Crippen molar-refractivity contribution in [3.63, 3.8) is 0 Å². The fourth-order valence-electron chi connectivity index (χ4n) is 3.80. The number of anilines is 1. The zero-order valence-electron chi connectivity index (χ0n) is 14.3. The molecule has 0 N–H and O–H groups in total. The van der Waals surface area contributed by atoms with E-state index in [1.807, 2.05) is 13.0 Å². The lowest BCUT2D eigenvalue weighted by Gasteiger charge is -2.30. The molecule has 2 aliphatic heterocycles. The van der Waals surface area contributed by atoms with E-state index < -0.39 is 10.0 Å². The molecule has 2 heterocycles. The summed E-state index contributed by atoms with van der Waals surface area (Å²) in [5.41, 5.74) is 1.73. The van der Waals surface area contributed by atoms with Gasteiger partial charge in [-0.1, -0.05) is 6.92 Å². The number of fused-ring (bicyclic) bond motifs is 1. The summed E-state index contributed by atoms with van der Waals surface area (Å²) in [6, 6.07) is 3.57. The fraction of sp³-hybridized carbons (Fsp3) is 0.588. The molecule has 0 bridgehead atoms. The highest BCUT2D eigenvalue weighted by molar-refractivity contribution is 9.10. The second kappa shape index (κ2) is 6.42. The molecule has 132 valence electrons. The third-order valence-corrected chi connectivity index (χ3v) is 7.75. The lowest BCUT2D eigenvalue weighted by Crippen LogP contribution is -2.39. The quantitative estimate of drug-likeness (QED) is 0.746. The van der Waals surface area contributed by atoms with E-state index in [4.69, 9.17) is 0 Å². The van der Waals surface area contributed by atoms with E-state index in [1.165, 1.54) is 6.92 Å². The Morgan fingerprint density at radius 3 is 2.62 bits per heavy atom. The van der Waals surface area contributed by atoms with Crippen molar-refractivity contribution in [3.05, 3.63) is 22.2 Å². The maximum Gasteiger partial charge on any atom is 0.244 e. The van der Waals surface area contributed by atoms with Crippen molar-refractivity contribution in [1.29, 1.82) is 0 Å². The lowest BCUT2D eigenvalue weighted by atomic mass is 10.0. The van der Waals surface area contributed by atoms with Crippen molar-refractivity contribution in [1.82, 2.24) is 4.31 Å². The molecule has 2 atom stereocenters. The van der Waals surface area contributed by atoms with Gasteiger partial charge in [0.25, 0.3) is 0 Å². The normalized spacial score (nSPS) is 24.9. The molecule has 1 saturated heterocycles. The Balaban J connectivity index is 2.05.